The molecule has 3 N–H and O–H groups in total. The first kappa shape index (κ1) is 36.6. The summed E-state index contributed by atoms with van der Waals surface area (Å²) in [6.07, 6.45) is 9.83. The number of nitrogens with zero attached hydrogens (tertiary/aromatic N) is 1. The zero-order chi connectivity index (χ0) is 29.7. The molecule has 0 spiro atoms. The van der Waals surface area contributed by atoms with Gasteiger partial charge >= 0.3 is 18.2 Å². The van der Waals surface area contributed by atoms with E-state index in [0.717, 1.165) is 51.4 Å². The van der Waals surface area contributed by atoms with E-state index in [1.54, 1.807) is 41.5 Å². The van der Waals surface area contributed by atoms with Gasteiger partial charge in [-0.25, -0.2) is 9.59 Å². The zero-order valence-electron chi connectivity index (χ0n) is 25.2. The number of aliphatic imine (C=N–C) groups is 1. The number of carboxylic acids is 1. The molecule has 0 aromatic carbocycles. The lowest BCUT2D eigenvalue weighted by Crippen LogP contribution is -2.47. The summed E-state index contributed by atoms with van der Waals surface area (Å²) in [6, 6.07) is 0. The Balaban J connectivity index is 4.15. The van der Waals surface area contributed by atoms with Crippen molar-refractivity contribution in [3.8, 4) is 0 Å². The second-order valence-corrected chi connectivity index (χ2v) is 11.6. The molecular weight excluding hydrogens is 506 g/mol. The Bertz CT molecular complexity index is 697. The quantitative estimate of drug-likeness (QED) is 0.0785. The van der Waals surface area contributed by atoms with Crippen LogP contribution in [0.5, 0.6) is 0 Å². The van der Waals surface area contributed by atoms with E-state index < -0.39 is 29.4 Å². The molecule has 0 aliphatic heterocycles. The number of amides is 2. The predicted molar refractivity (Wildman–Crippen MR) is 151 cm³/mol. The molecule has 11 nitrogen and oxygen atoms in total. The van der Waals surface area contributed by atoms with Crippen LogP contribution < -0.4 is 10.6 Å². The molecule has 0 aliphatic rings. The van der Waals surface area contributed by atoms with Crippen molar-refractivity contribution in [1.82, 2.24) is 10.6 Å². The van der Waals surface area contributed by atoms with Crippen LogP contribution in [0, 0.1) is 0 Å². The monoisotopic (exact) mass is 559 g/mol. The molecule has 228 valence electrons. The van der Waals surface area contributed by atoms with Gasteiger partial charge in [-0.3, -0.25) is 20.4 Å². The van der Waals surface area contributed by atoms with E-state index in [9.17, 15) is 14.4 Å². The number of aliphatic carboxylic acids is 1. The SMILES string of the molecule is COCO[C@@H](CCCCCCCCCCCCN=C(NC(=O)OC(C)(C)C)NC(=O)OC(C)(C)C)CC(=O)O. The molecule has 0 saturated heterocycles. The van der Waals surface area contributed by atoms with Gasteiger partial charge < -0.3 is 24.1 Å². The number of alkyl carbamates (subject to hydrolysis) is 2. The van der Waals surface area contributed by atoms with Crippen LogP contribution in [0.1, 0.15) is 119 Å². The smallest absolute Gasteiger partial charge is 0.414 e. The summed E-state index contributed by atoms with van der Waals surface area (Å²) in [5.41, 5.74) is -1.35. The Morgan fingerprint density at radius 3 is 1.59 bits per heavy atom. The Morgan fingerprint density at radius 2 is 1.18 bits per heavy atom. The number of rotatable bonds is 18. The van der Waals surface area contributed by atoms with E-state index in [2.05, 4.69) is 15.6 Å². The average molecular weight is 560 g/mol. The number of hydrogen-bond acceptors (Lipinski definition) is 8. The third-order valence-corrected chi connectivity index (χ3v) is 5.27. The zero-order valence-corrected chi connectivity index (χ0v) is 25.2. The summed E-state index contributed by atoms with van der Waals surface area (Å²) in [7, 11) is 1.53. The predicted octanol–water partition coefficient (Wildman–Crippen LogP) is 6.15. The first-order valence-corrected chi connectivity index (χ1v) is 14.1. The van der Waals surface area contributed by atoms with E-state index in [1.807, 2.05) is 0 Å². The summed E-state index contributed by atoms with van der Waals surface area (Å²) in [6.45, 7) is 11.1. The number of nitrogens with one attached hydrogen (secondary N) is 2. The van der Waals surface area contributed by atoms with Crippen molar-refractivity contribution in [2.45, 2.75) is 136 Å². The number of hydrogen-bond donors (Lipinski definition) is 3. The first-order chi connectivity index (χ1) is 18.2. The van der Waals surface area contributed by atoms with E-state index in [4.69, 9.17) is 24.1 Å². The molecule has 0 aliphatic carbocycles. The van der Waals surface area contributed by atoms with Gasteiger partial charge in [0.05, 0.1) is 12.5 Å². The third kappa shape index (κ3) is 25.6. The molecule has 0 saturated carbocycles. The van der Waals surface area contributed by atoms with Crippen LogP contribution in [-0.4, -0.2) is 67.0 Å². The minimum Gasteiger partial charge on any atom is -0.481 e. The van der Waals surface area contributed by atoms with Gasteiger partial charge in [0.15, 0.2) is 0 Å². The molecule has 0 heterocycles. The second-order valence-electron chi connectivity index (χ2n) is 11.6. The van der Waals surface area contributed by atoms with Crippen LogP contribution in [-0.2, 0) is 23.7 Å². The lowest BCUT2D eigenvalue weighted by Gasteiger charge is -2.22. The Morgan fingerprint density at radius 1 is 0.744 bits per heavy atom. The fraction of sp³-hybridized carbons (Fsp3) is 0.857. The highest BCUT2D eigenvalue weighted by molar-refractivity contribution is 6.01. The normalized spacial score (nSPS) is 12.4. The van der Waals surface area contributed by atoms with Crippen molar-refractivity contribution in [2.24, 2.45) is 4.99 Å². The van der Waals surface area contributed by atoms with Crippen LogP contribution in [0.2, 0.25) is 0 Å². The molecule has 0 rings (SSSR count). The number of carbonyl (C=O) groups is 3. The number of carbonyl (C=O) groups excluding carboxylic acids is 2. The molecule has 11 heteroatoms. The van der Waals surface area contributed by atoms with Crippen molar-refractivity contribution in [1.29, 1.82) is 0 Å². The first-order valence-electron chi connectivity index (χ1n) is 14.1. The molecule has 0 bridgehead atoms. The summed E-state index contributed by atoms with van der Waals surface area (Å²) in [5, 5.41) is 13.9. The molecule has 0 aromatic rings. The third-order valence-electron chi connectivity index (χ3n) is 5.27. The highest BCUT2D eigenvalue weighted by atomic mass is 16.7. The van der Waals surface area contributed by atoms with Gasteiger partial charge in [-0.1, -0.05) is 57.8 Å². The van der Waals surface area contributed by atoms with E-state index in [-0.39, 0.29) is 25.3 Å². The lowest BCUT2D eigenvalue weighted by molar-refractivity contribution is -0.143. The maximum Gasteiger partial charge on any atom is 0.414 e. The van der Waals surface area contributed by atoms with Gasteiger partial charge in [-0.05, 0) is 54.4 Å². The largest absolute Gasteiger partial charge is 0.481 e. The highest BCUT2D eigenvalue weighted by Gasteiger charge is 2.21. The Kier molecular flexibility index (Phi) is 19.2. The molecule has 2 amide bonds. The molecular formula is C28H53N3O8. The number of methoxy groups -OCH3 is 1. The average Bonchev–Trinajstić information content (AvgIpc) is 2.77. The summed E-state index contributed by atoms with van der Waals surface area (Å²) in [4.78, 5) is 39.5. The van der Waals surface area contributed by atoms with Crippen LogP contribution in [0.15, 0.2) is 4.99 Å². The second kappa shape index (κ2) is 20.5. The van der Waals surface area contributed by atoms with Crippen molar-refractivity contribution in [3.05, 3.63) is 0 Å². The fourth-order valence-corrected chi connectivity index (χ4v) is 3.60. The highest BCUT2D eigenvalue weighted by Crippen LogP contribution is 2.15. The lowest BCUT2D eigenvalue weighted by atomic mass is 10.0. The summed E-state index contributed by atoms with van der Waals surface area (Å²) < 4.78 is 20.8. The topological polar surface area (TPSA) is 145 Å². The minimum atomic E-state index is -0.849. The summed E-state index contributed by atoms with van der Waals surface area (Å²) >= 11 is 0. The van der Waals surface area contributed by atoms with Crippen LogP contribution in [0.4, 0.5) is 9.59 Å². The molecule has 0 fully saturated rings. The standard InChI is InChI=1S/C28H53N3O8/c1-27(2,3)38-25(34)30-24(31-26(35)39-28(4,5)6)29-19-17-15-13-11-9-8-10-12-14-16-18-22(20-23(32)33)37-21-36-7/h22H,8-21H2,1-7H3,(H,32,33)(H2,29,30,31,34,35)/t22-/m0/s1. The maximum atomic E-state index is 12.1. The van der Waals surface area contributed by atoms with Crippen molar-refractivity contribution < 1.29 is 38.4 Å². The van der Waals surface area contributed by atoms with Gasteiger partial charge in [0, 0.05) is 13.7 Å². The van der Waals surface area contributed by atoms with Crippen LogP contribution in [0.3, 0.4) is 0 Å². The van der Waals surface area contributed by atoms with Crippen molar-refractivity contribution in [3.63, 3.8) is 0 Å². The van der Waals surface area contributed by atoms with Crippen molar-refractivity contribution in [2.75, 3.05) is 20.4 Å². The van der Waals surface area contributed by atoms with Gasteiger partial charge in [0.2, 0.25) is 5.96 Å². The molecule has 0 unspecified atom stereocenters. The van der Waals surface area contributed by atoms with E-state index in [1.165, 1.54) is 26.4 Å². The minimum absolute atomic E-state index is 0.0104. The van der Waals surface area contributed by atoms with Gasteiger partial charge in [-0.2, -0.15) is 0 Å². The number of guanidine groups is 1. The van der Waals surface area contributed by atoms with Gasteiger partial charge in [-0.15, -0.1) is 0 Å². The number of ether oxygens (including phenoxy) is 4. The summed E-state index contributed by atoms with van der Waals surface area (Å²) in [5.74, 6) is -0.837. The van der Waals surface area contributed by atoms with Gasteiger partial charge in [0.25, 0.3) is 0 Å². The maximum absolute atomic E-state index is 12.1. The van der Waals surface area contributed by atoms with Crippen LogP contribution >= 0.6 is 0 Å². The Labute approximate surface area is 234 Å². The van der Waals surface area contributed by atoms with Crippen LogP contribution in [0.25, 0.3) is 0 Å². The number of carboxylic acid groups (broad SMARTS) is 1. The molecule has 0 radical (unpaired) electrons. The van der Waals surface area contributed by atoms with E-state index >= 15 is 0 Å². The fourth-order valence-electron chi connectivity index (χ4n) is 3.60. The van der Waals surface area contributed by atoms with Gasteiger partial charge in [0.1, 0.15) is 18.0 Å². The van der Waals surface area contributed by atoms with Crippen molar-refractivity contribution >= 4 is 24.1 Å². The molecule has 1 atom stereocenters. The van der Waals surface area contributed by atoms with E-state index in [0.29, 0.717) is 6.54 Å². The molecule has 39 heavy (non-hydrogen) atoms. The number of unbranched alkanes of at least 4 members (excludes halogenated alkanes) is 9. The molecule has 0 aromatic heterocycles. The Hall–Kier alpha value is -2.40.